The Bertz CT molecular complexity index is 577. The second-order valence-corrected chi connectivity index (χ2v) is 4.03. The summed E-state index contributed by atoms with van der Waals surface area (Å²) in [5.41, 5.74) is 6.49. The lowest BCUT2D eigenvalue weighted by atomic mass is 10.3. The molecular weight excluding hydrogens is 247 g/mol. The number of ether oxygens (including phenoxy) is 1. The molecule has 4 nitrogen and oxygen atoms in total. The number of hydrogen-bond donors (Lipinski definition) is 2. The molecule has 1 amide bonds. The van der Waals surface area contributed by atoms with Crippen LogP contribution in [0.5, 0.6) is 11.5 Å². The number of amides is 1. The molecule has 98 valence electrons. The lowest BCUT2D eigenvalue weighted by molar-refractivity contribution is -0.114. The van der Waals surface area contributed by atoms with Crippen LogP contribution in [0.2, 0.25) is 0 Å². The van der Waals surface area contributed by atoms with Gasteiger partial charge in [0.25, 0.3) is 0 Å². The van der Waals surface area contributed by atoms with E-state index in [1.54, 1.807) is 24.3 Å². The third kappa shape index (κ3) is 3.70. The van der Waals surface area contributed by atoms with Gasteiger partial charge >= 0.3 is 0 Å². The van der Waals surface area contributed by atoms with Crippen LogP contribution < -0.4 is 15.8 Å². The molecule has 5 heteroatoms. The molecular formula is C14H13FN2O2. The lowest BCUT2D eigenvalue weighted by Gasteiger charge is -2.08. The van der Waals surface area contributed by atoms with Crippen molar-refractivity contribution in [1.29, 1.82) is 0 Å². The second kappa shape index (κ2) is 5.39. The van der Waals surface area contributed by atoms with E-state index in [1.807, 2.05) is 0 Å². The van der Waals surface area contributed by atoms with Crippen molar-refractivity contribution in [2.45, 2.75) is 6.92 Å². The number of anilines is 2. The van der Waals surface area contributed by atoms with Crippen molar-refractivity contribution in [3.63, 3.8) is 0 Å². The van der Waals surface area contributed by atoms with Gasteiger partial charge in [-0.2, -0.15) is 0 Å². The molecule has 0 heterocycles. The second-order valence-electron chi connectivity index (χ2n) is 4.03. The molecule has 0 aromatic heterocycles. The van der Waals surface area contributed by atoms with Gasteiger partial charge in [0, 0.05) is 30.4 Å². The fourth-order valence-corrected chi connectivity index (χ4v) is 1.59. The van der Waals surface area contributed by atoms with Crippen LogP contribution in [0.25, 0.3) is 0 Å². The van der Waals surface area contributed by atoms with Crippen molar-refractivity contribution in [2.24, 2.45) is 0 Å². The number of carbonyl (C=O) groups is 1. The van der Waals surface area contributed by atoms with Gasteiger partial charge in [-0.1, -0.05) is 0 Å². The Hall–Kier alpha value is -2.56. The molecule has 0 bridgehead atoms. The SMILES string of the molecule is CC(=O)Nc1ccc(Oc2cc(N)cc(F)c2)cc1. The van der Waals surface area contributed by atoms with Gasteiger partial charge in [0.15, 0.2) is 0 Å². The average molecular weight is 260 g/mol. The zero-order valence-electron chi connectivity index (χ0n) is 10.3. The third-order valence-corrected chi connectivity index (χ3v) is 2.30. The minimum Gasteiger partial charge on any atom is -0.457 e. The molecule has 0 aliphatic carbocycles. The van der Waals surface area contributed by atoms with Crippen molar-refractivity contribution in [3.8, 4) is 11.5 Å². The van der Waals surface area contributed by atoms with Crippen LogP contribution in [0.1, 0.15) is 6.92 Å². The van der Waals surface area contributed by atoms with Crippen LogP contribution in [0, 0.1) is 5.82 Å². The van der Waals surface area contributed by atoms with E-state index in [4.69, 9.17) is 10.5 Å². The quantitative estimate of drug-likeness (QED) is 0.833. The highest BCUT2D eigenvalue weighted by molar-refractivity contribution is 5.88. The number of nitrogen functional groups attached to an aromatic ring is 1. The van der Waals surface area contributed by atoms with Gasteiger partial charge in [0.05, 0.1) is 0 Å². The maximum atomic E-state index is 13.1. The van der Waals surface area contributed by atoms with E-state index in [1.165, 1.54) is 25.1 Å². The summed E-state index contributed by atoms with van der Waals surface area (Å²) in [6.07, 6.45) is 0. The Morgan fingerprint density at radius 3 is 2.42 bits per heavy atom. The molecule has 19 heavy (non-hydrogen) atoms. The molecule has 2 aromatic rings. The Labute approximate surface area is 110 Å². The Morgan fingerprint density at radius 1 is 1.16 bits per heavy atom. The van der Waals surface area contributed by atoms with Gasteiger partial charge in [-0.15, -0.1) is 0 Å². The van der Waals surface area contributed by atoms with Gasteiger partial charge in [0.2, 0.25) is 5.91 Å². The first kappa shape index (κ1) is 12.9. The summed E-state index contributed by atoms with van der Waals surface area (Å²) in [6.45, 7) is 1.43. The number of nitrogens with one attached hydrogen (secondary N) is 1. The topological polar surface area (TPSA) is 64.3 Å². The third-order valence-electron chi connectivity index (χ3n) is 2.30. The molecule has 2 aromatic carbocycles. The van der Waals surface area contributed by atoms with Crippen LogP contribution in [-0.4, -0.2) is 5.91 Å². The summed E-state index contributed by atoms with van der Waals surface area (Å²) in [5, 5.41) is 2.64. The highest BCUT2D eigenvalue weighted by Crippen LogP contribution is 2.25. The largest absolute Gasteiger partial charge is 0.457 e. The fourth-order valence-electron chi connectivity index (χ4n) is 1.59. The molecule has 0 fully saturated rings. The summed E-state index contributed by atoms with van der Waals surface area (Å²) in [6, 6.07) is 10.7. The maximum absolute atomic E-state index is 13.1. The molecule has 2 rings (SSSR count). The van der Waals surface area contributed by atoms with E-state index >= 15 is 0 Å². The molecule has 3 N–H and O–H groups in total. The molecule has 0 radical (unpaired) electrons. The Balaban J connectivity index is 2.12. The minimum atomic E-state index is -0.454. The number of hydrogen-bond acceptors (Lipinski definition) is 3. The summed E-state index contributed by atoms with van der Waals surface area (Å²) in [7, 11) is 0. The van der Waals surface area contributed by atoms with E-state index < -0.39 is 5.82 Å². The van der Waals surface area contributed by atoms with E-state index in [2.05, 4.69) is 5.32 Å². The highest BCUT2D eigenvalue weighted by atomic mass is 19.1. The van der Waals surface area contributed by atoms with Crippen LogP contribution >= 0.6 is 0 Å². The van der Waals surface area contributed by atoms with Gasteiger partial charge in [-0.25, -0.2) is 4.39 Å². The standard InChI is InChI=1S/C14H13FN2O2/c1-9(18)17-12-2-4-13(5-3-12)19-14-7-10(15)6-11(16)8-14/h2-8H,16H2,1H3,(H,17,18). The van der Waals surface area contributed by atoms with Crippen LogP contribution in [0.3, 0.4) is 0 Å². The van der Waals surface area contributed by atoms with Crippen molar-refractivity contribution in [1.82, 2.24) is 0 Å². The van der Waals surface area contributed by atoms with Crippen molar-refractivity contribution in [2.75, 3.05) is 11.1 Å². The van der Waals surface area contributed by atoms with Gasteiger partial charge in [0.1, 0.15) is 17.3 Å². The van der Waals surface area contributed by atoms with Crippen LogP contribution in [0.15, 0.2) is 42.5 Å². The monoisotopic (exact) mass is 260 g/mol. The van der Waals surface area contributed by atoms with E-state index in [0.29, 0.717) is 22.9 Å². The molecule has 0 aliphatic heterocycles. The van der Waals surface area contributed by atoms with E-state index in [-0.39, 0.29) is 5.91 Å². The first-order valence-corrected chi connectivity index (χ1v) is 5.64. The molecule has 0 saturated heterocycles. The van der Waals surface area contributed by atoms with E-state index in [0.717, 1.165) is 0 Å². The van der Waals surface area contributed by atoms with Crippen LogP contribution in [0.4, 0.5) is 15.8 Å². The normalized spacial score (nSPS) is 10.0. The smallest absolute Gasteiger partial charge is 0.221 e. The zero-order chi connectivity index (χ0) is 13.8. The lowest BCUT2D eigenvalue weighted by Crippen LogP contribution is -2.05. The average Bonchev–Trinajstić information content (AvgIpc) is 2.29. The van der Waals surface area contributed by atoms with E-state index in [9.17, 15) is 9.18 Å². The molecule has 0 unspecified atom stereocenters. The minimum absolute atomic E-state index is 0.147. The number of halogens is 1. The van der Waals surface area contributed by atoms with Gasteiger partial charge in [-0.3, -0.25) is 4.79 Å². The number of carbonyl (C=O) groups excluding carboxylic acids is 1. The van der Waals surface area contributed by atoms with Crippen molar-refractivity contribution < 1.29 is 13.9 Å². The van der Waals surface area contributed by atoms with Crippen LogP contribution in [-0.2, 0) is 4.79 Å². The Morgan fingerprint density at radius 2 is 1.84 bits per heavy atom. The fraction of sp³-hybridized carbons (Fsp3) is 0.0714. The maximum Gasteiger partial charge on any atom is 0.221 e. The predicted molar refractivity (Wildman–Crippen MR) is 71.6 cm³/mol. The molecule has 0 aliphatic rings. The predicted octanol–water partition coefficient (Wildman–Crippen LogP) is 3.16. The van der Waals surface area contributed by atoms with Gasteiger partial charge < -0.3 is 15.8 Å². The summed E-state index contributed by atoms with van der Waals surface area (Å²) in [4.78, 5) is 10.9. The molecule has 0 saturated carbocycles. The molecule has 0 spiro atoms. The Kier molecular flexibility index (Phi) is 3.66. The summed E-state index contributed by atoms with van der Waals surface area (Å²) >= 11 is 0. The molecule has 0 atom stereocenters. The van der Waals surface area contributed by atoms with Gasteiger partial charge in [-0.05, 0) is 30.3 Å². The highest BCUT2D eigenvalue weighted by Gasteiger charge is 2.02. The number of nitrogens with two attached hydrogens (primary N) is 1. The van der Waals surface area contributed by atoms with Crippen molar-refractivity contribution in [3.05, 3.63) is 48.3 Å². The number of benzene rings is 2. The summed E-state index contributed by atoms with van der Waals surface area (Å²) in [5.74, 6) is 0.250. The number of rotatable bonds is 3. The summed E-state index contributed by atoms with van der Waals surface area (Å²) < 4.78 is 18.6. The van der Waals surface area contributed by atoms with Crippen molar-refractivity contribution >= 4 is 17.3 Å². The first-order chi connectivity index (χ1) is 9.02. The zero-order valence-corrected chi connectivity index (χ0v) is 10.3. The first-order valence-electron chi connectivity index (χ1n) is 5.64.